The first-order valence-electron chi connectivity index (χ1n) is 10.7. The highest BCUT2D eigenvalue weighted by molar-refractivity contribution is 14.0. The molecule has 160 valence electrons. The molecule has 1 aromatic rings. The number of aliphatic imine (C=N–C) groups is 1. The SMILES string of the molecule is CCn1cnnc1CNC(=NC)N1CCN(C2CCC(C(C)C)CC2)CC1.I. The number of piperazine rings is 1. The average Bonchev–Trinajstić information content (AvgIpc) is 3.16. The standard InChI is InChI=1S/C20H37N7.HI/c1-5-25-15-23-24-19(25)14-22-20(21-4)27-12-10-26(11-13-27)18-8-6-17(7-9-18)16(2)3;/h15-18H,5-14H2,1-4H3,(H,21,22);1H. The number of rotatable bonds is 5. The van der Waals surface area contributed by atoms with Crippen molar-refractivity contribution in [3.05, 3.63) is 12.2 Å². The van der Waals surface area contributed by atoms with Crippen LogP contribution in [0.5, 0.6) is 0 Å². The maximum atomic E-state index is 4.49. The third kappa shape index (κ3) is 5.81. The van der Waals surface area contributed by atoms with Crippen molar-refractivity contribution in [2.45, 2.75) is 65.6 Å². The van der Waals surface area contributed by atoms with Crippen LogP contribution >= 0.6 is 24.0 Å². The van der Waals surface area contributed by atoms with Crippen molar-refractivity contribution in [1.29, 1.82) is 0 Å². The number of aromatic nitrogens is 3. The summed E-state index contributed by atoms with van der Waals surface area (Å²) in [6.07, 6.45) is 7.35. The summed E-state index contributed by atoms with van der Waals surface area (Å²) in [7, 11) is 1.87. The monoisotopic (exact) mass is 503 g/mol. The quantitative estimate of drug-likeness (QED) is 0.381. The van der Waals surface area contributed by atoms with Gasteiger partial charge in [0.1, 0.15) is 6.33 Å². The number of hydrogen-bond acceptors (Lipinski definition) is 4. The van der Waals surface area contributed by atoms with E-state index in [0.717, 1.165) is 62.4 Å². The Bertz CT molecular complexity index is 599. The molecule has 1 N–H and O–H groups in total. The molecule has 1 aromatic heterocycles. The van der Waals surface area contributed by atoms with Gasteiger partial charge in [0, 0.05) is 45.8 Å². The van der Waals surface area contributed by atoms with Gasteiger partial charge in [0.2, 0.25) is 0 Å². The normalized spacial score (nSPS) is 24.3. The number of aryl methyl sites for hydroxylation is 1. The van der Waals surface area contributed by atoms with Crippen molar-refractivity contribution in [2.75, 3.05) is 33.2 Å². The zero-order valence-corrected chi connectivity index (χ0v) is 20.3. The minimum atomic E-state index is 0. The summed E-state index contributed by atoms with van der Waals surface area (Å²) in [5.41, 5.74) is 0. The number of halogens is 1. The van der Waals surface area contributed by atoms with Gasteiger partial charge in [0.05, 0.1) is 6.54 Å². The Kier molecular flexibility index (Phi) is 9.46. The molecule has 1 saturated heterocycles. The van der Waals surface area contributed by atoms with E-state index < -0.39 is 0 Å². The van der Waals surface area contributed by atoms with Gasteiger partial charge in [-0.15, -0.1) is 34.2 Å². The van der Waals surface area contributed by atoms with Gasteiger partial charge in [-0.25, -0.2) is 0 Å². The topological polar surface area (TPSA) is 61.6 Å². The second-order valence-corrected chi connectivity index (χ2v) is 8.27. The van der Waals surface area contributed by atoms with Crippen molar-refractivity contribution in [1.82, 2.24) is 29.9 Å². The Balaban J connectivity index is 0.00000280. The highest BCUT2D eigenvalue weighted by Crippen LogP contribution is 2.32. The summed E-state index contributed by atoms with van der Waals surface area (Å²) in [6.45, 7) is 12.8. The third-order valence-electron chi connectivity index (χ3n) is 6.47. The molecule has 8 heteroatoms. The predicted molar refractivity (Wildman–Crippen MR) is 125 cm³/mol. The van der Waals surface area contributed by atoms with E-state index in [1.807, 2.05) is 7.05 Å². The van der Waals surface area contributed by atoms with E-state index in [1.54, 1.807) is 6.33 Å². The smallest absolute Gasteiger partial charge is 0.194 e. The van der Waals surface area contributed by atoms with E-state index in [-0.39, 0.29) is 24.0 Å². The van der Waals surface area contributed by atoms with Crippen molar-refractivity contribution in [2.24, 2.45) is 16.8 Å². The molecule has 1 aliphatic heterocycles. The fraction of sp³-hybridized carbons (Fsp3) is 0.850. The van der Waals surface area contributed by atoms with Crippen molar-refractivity contribution >= 4 is 29.9 Å². The molecule has 2 heterocycles. The van der Waals surface area contributed by atoms with E-state index in [2.05, 4.69) is 55.6 Å². The minimum Gasteiger partial charge on any atom is -0.349 e. The van der Waals surface area contributed by atoms with Gasteiger partial charge >= 0.3 is 0 Å². The number of nitrogens with one attached hydrogen (secondary N) is 1. The Morgan fingerprint density at radius 1 is 1.18 bits per heavy atom. The minimum absolute atomic E-state index is 0. The molecule has 3 rings (SSSR count). The molecule has 0 bridgehead atoms. The Labute approximate surface area is 187 Å². The maximum Gasteiger partial charge on any atom is 0.194 e. The molecular formula is C20H38IN7. The van der Waals surface area contributed by atoms with Crippen molar-refractivity contribution < 1.29 is 0 Å². The fourth-order valence-electron chi connectivity index (χ4n) is 4.60. The Hall–Kier alpha value is -0.900. The van der Waals surface area contributed by atoms with Crippen molar-refractivity contribution in [3.8, 4) is 0 Å². The number of nitrogens with zero attached hydrogens (tertiary/aromatic N) is 6. The Morgan fingerprint density at radius 2 is 1.86 bits per heavy atom. The Morgan fingerprint density at radius 3 is 2.43 bits per heavy atom. The molecule has 0 unspecified atom stereocenters. The van der Waals surface area contributed by atoms with Crippen LogP contribution in [0.3, 0.4) is 0 Å². The predicted octanol–water partition coefficient (Wildman–Crippen LogP) is 2.82. The highest BCUT2D eigenvalue weighted by atomic mass is 127. The first-order valence-corrected chi connectivity index (χ1v) is 10.7. The molecule has 28 heavy (non-hydrogen) atoms. The summed E-state index contributed by atoms with van der Waals surface area (Å²) in [6, 6.07) is 0.792. The zero-order chi connectivity index (χ0) is 19.2. The van der Waals surface area contributed by atoms with E-state index in [9.17, 15) is 0 Å². The molecule has 0 atom stereocenters. The van der Waals surface area contributed by atoms with Crippen LogP contribution < -0.4 is 5.32 Å². The second kappa shape index (κ2) is 11.3. The van der Waals surface area contributed by atoms with E-state index >= 15 is 0 Å². The number of guanidine groups is 1. The average molecular weight is 503 g/mol. The van der Waals surface area contributed by atoms with Crippen LogP contribution in [0.1, 0.15) is 52.3 Å². The first kappa shape index (κ1) is 23.4. The summed E-state index contributed by atoms with van der Waals surface area (Å²) in [5, 5.41) is 11.7. The van der Waals surface area contributed by atoms with Crippen LogP contribution in [-0.4, -0.2) is 69.8 Å². The molecule has 0 radical (unpaired) electrons. The van der Waals surface area contributed by atoms with Gasteiger partial charge in [-0.2, -0.15) is 0 Å². The van der Waals surface area contributed by atoms with Gasteiger partial charge in [0.15, 0.2) is 11.8 Å². The molecule has 0 spiro atoms. The zero-order valence-electron chi connectivity index (χ0n) is 18.0. The van der Waals surface area contributed by atoms with Gasteiger partial charge in [-0.1, -0.05) is 13.8 Å². The summed E-state index contributed by atoms with van der Waals surface area (Å²) in [4.78, 5) is 9.58. The van der Waals surface area contributed by atoms with Gasteiger partial charge < -0.3 is 14.8 Å². The number of hydrogen-bond donors (Lipinski definition) is 1. The molecule has 2 aliphatic rings. The van der Waals surface area contributed by atoms with E-state index in [1.165, 1.54) is 25.7 Å². The lowest BCUT2D eigenvalue weighted by Gasteiger charge is -2.43. The fourth-order valence-corrected chi connectivity index (χ4v) is 4.60. The lowest BCUT2D eigenvalue weighted by molar-refractivity contribution is 0.0864. The van der Waals surface area contributed by atoms with Crippen LogP contribution in [0.15, 0.2) is 11.3 Å². The summed E-state index contributed by atoms with van der Waals surface area (Å²) >= 11 is 0. The van der Waals surface area contributed by atoms with Crippen LogP contribution in [0.4, 0.5) is 0 Å². The van der Waals surface area contributed by atoms with Gasteiger partial charge in [-0.05, 0) is 44.4 Å². The summed E-state index contributed by atoms with van der Waals surface area (Å²) in [5.74, 6) is 3.72. The maximum absolute atomic E-state index is 4.49. The van der Waals surface area contributed by atoms with E-state index in [4.69, 9.17) is 0 Å². The molecule has 1 aliphatic carbocycles. The molecule has 1 saturated carbocycles. The van der Waals surface area contributed by atoms with Crippen LogP contribution in [0.25, 0.3) is 0 Å². The third-order valence-corrected chi connectivity index (χ3v) is 6.47. The van der Waals surface area contributed by atoms with E-state index in [0.29, 0.717) is 6.54 Å². The van der Waals surface area contributed by atoms with Crippen LogP contribution in [0, 0.1) is 11.8 Å². The molecular weight excluding hydrogens is 465 g/mol. The molecule has 7 nitrogen and oxygen atoms in total. The lowest BCUT2D eigenvalue weighted by Crippen LogP contribution is -2.55. The highest BCUT2D eigenvalue weighted by Gasteiger charge is 2.29. The second-order valence-electron chi connectivity index (χ2n) is 8.27. The van der Waals surface area contributed by atoms with Crippen LogP contribution in [-0.2, 0) is 13.1 Å². The van der Waals surface area contributed by atoms with Crippen molar-refractivity contribution in [3.63, 3.8) is 0 Å². The largest absolute Gasteiger partial charge is 0.349 e. The molecule has 0 amide bonds. The van der Waals surface area contributed by atoms with Gasteiger partial charge in [0.25, 0.3) is 0 Å². The molecule has 2 fully saturated rings. The lowest BCUT2D eigenvalue weighted by atomic mass is 9.79. The van der Waals surface area contributed by atoms with Crippen LogP contribution in [0.2, 0.25) is 0 Å². The molecule has 0 aromatic carbocycles. The summed E-state index contributed by atoms with van der Waals surface area (Å²) < 4.78 is 2.06. The first-order chi connectivity index (χ1) is 13.1. The van der Waals surface area contributed by atoms with Gasteiger partial charge in [-0.3, -0.25) is 9.89 Å².